The highest BCUT2D eigenvalue weighted by atomic mass is 16.3. The maximum Gasteiger partial charge on any atom is 0.130 e. The van der Waals surface area contributed by atoms with Crippen molar-refractivity contribution in [1.29, 1.82) is 5.41 Å². The fourth-order valence-corrected chi connectivity index (χ4v) is 1.97. The largest absolute Gasteiger partial charge is 0.510 e. The zero-order valence-electron chi connectivity index (χ0n) is 6.75. The van der Waals surface area contributed by atoms with Gasteiger partial charge >= 0.3 is 0 Å². The van der Waals surface area contributed by atoms with Crippen molar-refractivity contribution in [3.8, 4) is 0 Å². The van der Waals surface area contributed by atoms with Gasteiger partial charge in [-0.2, -0.15) is 0 Å². The van der Waals surface area contributed by atoms with Gasteiger partial charge in [0.05, 0.1) is 18.2 Å². The summed E-state index contributed by atoms with van der Waals surface area (Å²) in [5, 5.41) is 26.1. The Hall–Kier alpha value is -1.03. The van der Waals surface area contributed by atoms with Gasteiger partial charge in [0, 0.05) is 6.54 Å². The molecule has 2 rings (SSSR count). The maximum absolute atomic E-state index is 9.57. The van der Waals surface area contributed by atoms with E-state index in [9.17, 15) is 5.11 Å². The van der Waals surface area contributed by atoms with Crippen LogP contribution < -0.4 is 0 Å². The molecule has 0 saturated carbocycles. The highest BCUT2D eigenvalue weighted by Crippen LogP contribution is 2.31. The second kappa shape index (κ2) is 2.48. The zero-order chi connectivity index (χ0) is 8.72. The molecule has 66 valence electrons. The summed E-state index contributed by atoms with van der Waals surface area (Å²) in [6.45, 7) is 0.606. The monoisotopic (exact) mass is 168 g/mol. The summed E-state index contributed by atoms with van der Waals surface area (Å²) in [4.78, 5) is 1.85. The van der Waals surface area contributed by atoms with Crippen LogP contribution in [0.4, 0.5) is 0 Å². The first-order valence-corrected chi connectivity index (χ1v) is 4.14. The summed E-state index contributed by atoms with van der Waals surface area (Å²) in [5.74, 6) is 0.512. The minimum Gasteiger partial charge on any atom is -0.510 e. The Kier molecular flexibility index (Phi) is 1.58. The Labute approximate surface area is 70.6 Å². The number of fused-ring (bicyclic) bond motifs is 1. The quantitative estimate of drug-likeness (QED) is 0.525. The Morgan fingerprint density at radius 3 is 2.92 bits per heavy atom. The molecule has 1 atom stereocenters. The molecule has 4 nitrogen and oxygen atoms in total. The fourth-order valence-electron chi connectivity index (χ4n) is 1.97. The second-order valence-electron chi connectivity index (χ2n) is 3.22. The standard InChI is InChI=1S/C8H12N2O2/c9-8-5(4-11)7(12)6-2-1-3-10(6)8/h6,9,11-12H,1-4H2. The third-order valence-corrected chi connectivity index (χ3v) is 2.61. The summed E-state index contributed by atoms with van der Waals surface area (Å²) in [6.07, 6.45) is 1.92. The number of hydrogen-bond acceptors (Lipinski definition) is 3. The van der Waals surface area contributed by atoms with Crippen LogP contribution in [-0.2, 0) is 0 Å². The lowest BCUT2D eigenvalue weighted by atomic mass is 10.1. The van der Waals surface area contributed by atoms with Crippen molar-refractivity contribution in [2.45, 2.75) is 18.9 Å². The number of amidine groups is 1. The molecule has 0 aromatic rings. The minimum atomic E-state index is -0.225. The first-order chi connectivity index (χ1) is 5.75. The Bertz CT molecular complexity index is 260. The van der Waals surface area contributed by atoms with Gasteiger partial charge in [-0.05, 0) is 12.8 Å². The molecule has 3 N–H and O–H groups in total. The molecule has 2 aliphatic rings. The van der Waals surface area contributed by atoms with Crippen molar-refractivity contribution < 1.29 is 10.2 Å². The normalized spacial score (nSPS) is 28.6. The summed E-state index contributed by atoms with van der Waals surface area (Å²) in [6, 6.07) is -0.0142. The Balaban J connectivity index is 2.34. The molecule has 1 saturated heterocycles. The van der Waals surface area contributed by atoms with Gasteiger partial charge in [-0.15, -0.1) is 0 Å². The number of rotatable bonds is 1. The molecular formula is C8H12N2O2. The van der Waals surface area contributed by atoms with Crippen molar-refractivity contribution in [1.82, 2.24) is 4.90 Å². The van der Waals surface area contributed by atoms with Gasteiger partial charge in [0.2, 0.25) is 0 Å². The topological polar surface area (TPSA) is 67.5 Å². The van der Waals surface area contributed by atoms with E-state index in [1.54, 1.807) is 0 Å². The average Bonchev–Trinajstić information content (AvgIpc) is 2.58. The lowest BCUT2D eigenvalue weighted by Crippen LogP contribution is -2.29. The van der Waals surface area contributed by atoms with E-state index in [1.165, 1.54) is 0 Å². The van der Waals surface area contributed by atoms with Crippen LogP contribution in [-0.4, -0.2) is 40.1 Å². The fraction of sp³-hybridized carbons (Fsp3) is 0.625. The average molecular weight is 168 g/mol. The van der Waals surface area contributed by atoms with Gasteiger partial charge in [0.15, 0.2) is 0 Å². The van der Waals surface area contributed by atoms with E-state index >= 15 is 0 Å². The predicted octanol–water partition coefficient (Wildman–Crippen LogP) is 0.246. The zero-order valence-corrected chi connectivity index (χ0v) is 6.75. The third-order valence-electron chi connectivity index (χ3n) is 2.61. The van der Waals surface area contributed by atoms with Crippen molar-refractivity contribution >= 4 is 5.84 Å². The molecule has 0 aromatic carbocycles. The van der Waals surface area contributed by atoms with Crippen molar-refractivity contribution in [2.24, 2.45) is 0 Å². The lowest BCUT2D eigenvalue weighted by molar-refractivity contribution is 0.299. The number of aliphatic hydroxyl groups excluding tert-OH is 2. The summed E-state index contributed by atoms with van der Waals surface area (Å²) < 4.78 is 0. The molecule has 0 radical (unpaired) electrons. The first kappa shape index (κ1) is 7.61. The number of nitrogens with zero attached hydrogens (tertiary/aromatic N) is 1. The summed E-state index contributed by atoms with van der Waals surface area (Å²) >= 11 is 0. The molecule has 12 heavy (non-hydrogen) atoms. The van der Waals surface area contributed by atoms with E-state index in [0.29, 0.717) is 11.4 Å². The molecule has 1 unspecified atom stereocenters. The molecule has 0 aliphatic carbocycles. The maximum atomic E-state index is 9.57. The van der Waals surface area contributed by atoms with Crippen molar-refractivity contribution in [3.05, 3.63) is 11.3 Å². The molecule has 0 amide bonds. The van der Waals surface area contributed by atoms with Crippen LogP contribution in [0.15, 0.2) is 11.3 Å². The van der Waals surface area contributed by atoms with Gasteiger partial charge in [0.25, 0.3) is 0 Å². The van der Waals surface area contributed by atoms with E-state index in [-0.39, 0.29) is 18.4 Å². The van der Waals surface area contributed by atoms with Gasteiger partial charge in [0.1, 0.15) is 11.6 Å². The molecule has 0 aromatic heterocycles. The van der Waals surface area contributed by atoms with E-state index in [2.05, 4.69) is 0 Å². The number of nitrogens with one attached hydrogen (secondary N) is 1. The SMILES string of the molecule is N=C1C(CO)=C(O)C2CCCN12. The highest BCUT2D eigenvalue weighted by molar-refractivity contribution is 5.99. The van der Waals surface area contributed by atoms with Crippen LogP contribution >= 0.6 is 0 Å². The van der Waals surface area contributed by atoms with E-state index < -0.39 is 0 Å². The second-order valence-corrected chi connectivity index (χ2v) is 3.22. The molecule has 4 heteroatoms. The van der Waals surface area contributed by atoms with E-state index in [4.69, 9.17) is 10.5 Å². The van der Waals surface area contributed by atoms with E-state index in [1.807, 2.05) is 4.90 Å². The van der Waals surface area contributed by atoms with Gasteiger partial charge in [-0.3, -0.25) is 5.41 Å². The van der Waals surface area contributed by atoms with Crippen molar-refractivity contribution in [3.63, 3.8) is 0 Å². The minimum absolute atomic E-state index is 0.0142. The molecule has 0 bridgehead atoms. The molecule has 2 aliphatic heterocycles. The van der Waals surface area contributed by atoms with E-state index in [0.717, 1.165) is 19.4 Å². The van der Waals surface area contributed by atoms with Gasteiger partial charge in [-0.25, -0.2) is 0 Å². The highest BCUT2D eigenvalue weighted by Gasteiger charge is 2.39. The third kappa shape index (κ3) is 0.783. The smallest absolute Gasteiger partial charge is 0.130 e. The predicted molar refractivity (Wildman–Crippen MR) is 44.2 cm³/mol. The number of aliphatic hydroxyl groups is 2. The van der Waals surface area contributed by atoms with Crippen LogP contribution in [0.25, 0.3) is 0 Å². The molecular weight excluding hydrogens is 156 g/mol. The molecule has 1 fully saturated rings. The van der Waals surface area contributed by atoms with Crippen LogP contribution in [0.1, 0.15) is 12.8 Å². The molecule has 0 spiro atoms. The summed E-state index contributed by atoms with van der Waals surface area (Å²) in [5.41, 5.74) is 0.403. The van der Waals surface area contributed by atoms with Crippen molar-refractivity contribution in [2.75, 3.05) is 13.2 Å². The first-order valence-electron chi connectivity index (χ1n) is 4.14. The Morgan fingerprint density at radius 2 is 2.33 bits per heavy atom. The lowest BCUT2D eigenvalue weighted by Gasteiger charge is -2.17. The van der Waals surface area contributed by atoms with Crippen LogP contribution in [0.5, 0.6) is 0 Å². The Morgan fingerprint density at radius 1 is 1.58 bits per heavy atom. The summed E-state index contributed by atoms with van der Waals surface area (Å²) in [7, 11) is 0. The van der Waals surface area contributed by atoms with Gasteiger partial charge < -0.3 is 15.1 Å². The molecule has 2 heterocycles. The van der Waals surface area contributed by atoms with Crippen LogP contribution in [0.3, 0.4) is 0 Å². The van der Waals surface area contributed by atoms with Gasteiger partial charge in [-0.1, -0.05) is 0 Å². The van der Waals surface area contributed by atoms with Crippen LogP contribution in [0, 0.1) is 5.41 Å². The number of hydrogen-bond donors (Lipinski definition) is 3. The van der Waals surface area contributed by atoms with Crippen LogP contribution in [0.2, 0.25) is 0 Å².